The third-order valence-corrected chi connectivity index (χ3v) is 5.63. The maximum absolute atomic E-state index is 12.9. The van der Waals surface area contributed by atoms with Crippen LogP contribution >= 0.6 is 22.9 Å². The van der Waals surface area contributed by atoms with Crippen LogP contribution in [0.15, 0.2) is 41.4 Å². The van der Waals surface area contributed by atoms with Crippen molar-refractivity contribution in [2.45, 2.75) is 19.6 Å². The number of hydrogen-bond acceptors (Lipinski definition) is 4. The largest absolute Gasteiger partial charge is 0.468 e. The lowest BCUT2D eigenvalue weighted by Gasteiger charge is -2.08. The molecule has 10 heteroatoms. The lowest BCUT2D eigenvalue weighted by atomic mass is 10.1. The number of ether oxygens (including phenoxy) is 1. The normalized spacial score (nSPS) is 12.4. The number of halogens is 4. The van der Waals surface area contributed by atoms with Gasteiger partial charge in [0.15, 0.2) is 4.80 Å². The van der Waals surface area contributed by atoms with Gasteiger partial charge in [0.25, 0.3) is 5.91 Å². The number of amides is 1. The van der Waals surface area contributed by atoms with E-state index in [0.717, 1.165) is 29.5 Å². The van der Waals surface area contributed by atoms with Crippen molar-refractivity contribution in [2.24, 2.45) is 4.99 Å². The predicted molar refractivity (Wildman–Crippen MR) is 103 cm³/mol. The van der Waals surface area contributed by atoms with Crippen LogP contribution in [0.4, 0.5) is 13.2 Å². The Morgan fingerprint density at radius 2 is 1.97 bits per heavy atom. The van der Waals surface area contributed by atoms with Crippen molar-refractivity contribution in [3.63, 3.8) is 0 Å². The van der Waals surface area contributed by atoms with E-state index >= 15 is 0 Å². The zero-order valence-electron chi connectivity index (χ0n) is 15.2. The number of benzene rings is 2. The zero-order chi connectivity index (χ0) is 21.3. The van der Waals surface area contributed by atoms with Crippen molar-refractivity contribution in [1.82, 2.24) is 4.57 Å². The van der Waals surface area contributed by atoms with Gasteiger partial charge in [-0.3, -0.25) is 9.59 Å². The fourth-order valence-electron chi connectivity index (χ4n) is 2.72. The Labute approximate surface area is 172 Å². The molecule has 3 aromatic rings. The number of aromatic nitrogens is 1. The van der Waals surface area contributed by atoms with Crippen LogP contribution in [0.2, 0.25) is 5.02 Å². The molecule has 0 fully saturated rings. The van der Waals surface area contributed by atoms with E-state index in [1.165, 1.54) is 17.7 Å². The minimum Gasteiger partial charge on any atom is -0.468 e. The Morgan fingerprint density at radius 1 is 1.24 bits per heavy atom. The third-order valence-electron chi connectivity index (χ3n) is 4.18. The van der Waals surface area contributed by atoms with Gasteiger partial charge in [0.2, 0.25) is 0 Å². The zero-order valence-corrected chi connectivity index (χ0v) is 16.8. The smallest absolute Gasteiger partial charge is 0.416 e. The minimum atomic E-state index is -4.58. The van der Waals surface area contributed by atoms with Crippen LogP contribution in [0.25, 0.3) is 10.2 Å². The van der Waals surface area contributed by atoms with E-state index in [1.54, 1.807) is 19.1 Å². The second kappa shape index (κ2) is 8.00. The summed E-state index contributed by atoms with van der Waals surface area (Å²) < 4.78 is 45.6. The molecule has 0 saturated carbocycles. The Balaban J connectivity index is 2.17. The Hall–Kier alpha value is -2.65. The molecule has 29 heavy (non-hydrogen) atoms. The third kappa shape index (κ3) is 4.35. The molecule has 0 radical (unpaired) electrons. The number of hydrogen-bond donors (Lipinski definition) is 0. The number of alkyl halides is 3. The van der Waals surface area contributed by atoms with Crippen molar-refractivity contribution >= 4 is 45.0 Å². The lowest BCUT2D eigenvalue weighted by molar-refractivity contribution is -0.141. The first kappa shape index (κ1) is 21.1. The number of nitrogens with zero attached hydrogens (tertiary/aromatic N) is 2. The van der Waals surface area contributed by atoms with E-state index in [4.69, 9.17) is 16.3 Å². The fourth-order valence-corrected chi connectivity index (χ4v) is 3.96. The van der Waals surface area contributed by atoms with Gasteiger partial charge in [-0.2, -0.15) is 18.2 Å². The molecule has 0 aliphatic carbocycles. The van der Waals surface area contributed by atoms with Gasteiger partial charge in [-0.1, -0.05) is 29.0 Å². The highest BCUT2D eigenvalue weighted by Crippen LogP contribution is 2.30. The molecule has 5 nitrogen and oxygen atoms in total. The highest BCUT2D eigenvalue weighted by molar-refractivity contribution is 7.16. The van der Waals surface area contributed by atoms with Crippen LogP contribution in [0.3, 0.4) is 0 Å². The Kier molecular flexibility index (Phi) is 5.81. The summed E-state index contributed by atoms with van der Waals surface area (Å²) >= 11 is 7.29. The first-order valence-corrected chi connectivity index (χ1v) is 9.43. The molecule has 1 heterocycles. The summed E-state index contributed by atoms with van der Waals surface area (Å²) in [5.74, 6) is -1.43. The second-order valence-corrected chi connectivity index (χ2v) is 7.48. The van der Waals surface area contributed by atoms with Gasteiger partial charge in [0.1, 0.15) is 6.54 Å². The van der Waals surface area contributed by atoms with Gasteiger partial charge >= 0.3 is 12.1 Å². The van der Waals surface area contributed by atoms with Gasteiger partial charge in [0, 0.05) is 10.6 Å². The summed E-state index contributed by atoms with van der Waals surface area (Å²) in [6.07, 6.45) is -4.58. The van der Waals surface area contributed by atoms with Gasteiger partial charge in [-0.15, -0.1) is 0 Å². The highest BCUT2D eigenvalue weighted by Gasteiger charge is 2.30. The summed E-state index contributed by atoms with van der Waals surface area (Å²) in [6.45, 7) is 1.52. The number of fused-ring (bicyclic) bond motifs is 1. The number of rotatable bonds is 3. The molecule has 0 spiro atoms. The molecule has 0 aliphatic heterocycles. The van der Waals surface area contributed by atoms with Gasteiger partial charge < -0.3 is 9.30 Å². The molecule has 1 aromatic heterocycles. The molecule has 2 aromatic carbocycles. The molecule has 0 N–H and O–H groups in total. The van der Waals surface area contributed by atoms with E-state index in [9.17, 15) is 22.8 Å². The average Bonchev–Trinajstić information content (AvgIpc) is 3.01. The fraction of sp³-hybridized carbons (Fsp3) is 0.211. The molecular formula is C19H14ClF3N2O3S. The maximum Gasteiger partial charge on any atom is 0.416 e. The molecule has 0 bridgehead atoms. The molecule has 152 valence electrons. The SMILES string of the molecule is COC(=O)Cn1c(=NC(=O)c2cccc(C(F)(F)F)c2)sc2ccc(Cl)c(C)c21. The molecular weight excluding hydrogens is 429 g/mol. The minimum absolute atomic E-state index is 0.151. The number of thiazole rings is 1. The molecule has 0 unspecified atom stereocenters. The average molecular weight is 443 g/mol. The number of esters is 1. The van der Waals surface area contributed by atoms with Crippen LogP contribution in [-0.2, 0) is 22.3 Å². The number of carbonyl (C=O) groups is 2. The number of methoxy groups -OCH3 is 1. The first-order valence-electron chi connectivity index (χ1n) is 8.23. The maximum atomic E-state index is 12.9. The standard InChI is InChI=1S/C19H14ClF3N2O3S/c1-10-13(20)6-7-14-16(10)25(9-15(26)28-2)18(29-14)24-17(27)11-4-3-5-12(8-11)19(21,22)23/h3-8H,9H2,1-2H3. The van der Waals surface area contributed by atoms with Crippen LogP contribution in [0, 0.1) is 6.92 Å². The summed E-state index contributed by atoms with van der Waals surface area (Å²) in [5, 5.41) is 0.463. The van der Waals surface area contributed by atoms with Crippen molar-refractivity contribution in [2.75, 3.05) is 7.11 Å². The van der Waals surface area contributed by atoms with Gasteiger partial charge in [-0.05, 0) is 42.8 Å². The molecule has 0 saturated heterocycles. The van der Waals surface area contributed by atoms with Crippen LogP contribution in [0.1, 0.15) is 21.5 Å². The van der Waals surface area contributed by atoms with Crippen molar-refractivity contribution in [1.29, 1.82) is 0 Å². The van der Waals surface area contributed by atoms with Gasteiger partial charge in [-0.25, -0.2) is 0 Å². The number of carbonyl (C=O) groups excluding carboxylic acids is 2. The Bertz CT molecular complexity index is 1180. The molecule has 1 amide bonds. The van der Waals surface area contributed by atoms with E-state index in [1.807, 2.05) is 0 Å². The first-order chi connectivity index (χ1) is 13.6. The van der Waals surface area contributed by atoms with Crippen molar-refractivity contribution in [3.8, 4) is 0 Å². The van der Waals surface area contributed by atoms with E-state index < -0.39 is 23.6 Å². The second-order valence-electron chi connectivity index (χ2n) is 6.06. The summed E-state index contributed by atoms with van der Waals surface area (Å²) in [5.41, 5.74) is 0.123. The summed E-state index contributed by atoms with van der Waals surface area (Å²) in [4.78, 5) is 28.5. The topological polar surface area (TPSA) is 60.7 Å². The van der Waals surface area contributed by atoms with Crippen LogP contribution in [0.5, 0.6) is 0 Å². The molecule has 0 aliphatic rings. The van der Waals surface area contributed by atoms with E-state index in [2.05, 4.69) is 4.99 Å². The van der Waals surface area contributed by atoms with E-state index in [0.29, 0.717) is 20.8 Å². The number of aryl methyl sites for hydroxylation is 1. The lowest BCUT2D eigenvalue weighted by Crippen LogP contribution is -2.23. The van der Waals surface area contributed by atoms with Crippen LogP contribution < -0.4 is 4.80 Å². The van der Waals surface area contributed by atoms with Gasteiger partial charge in [0.05, 0.1) is 22.9 Å². The molecule has 0 atom stereocenters. The summed E-state index contributed by atoms with van der Waals surface area (Å²) in [6, 6.07) is 7.41. The van der Waals surface area contributed by atoms with Crippen molar-refractivity contribution in [3.05, 3.63) is 62.9 Å². The summed E-state index contributed by atoms with van der Waals surface area (Å²) in [7, 11) is 1.22. The predicted octanol–water partition coefficient (Wildman–Crippen LogP) is 4.60. The monoisotopic (exact) mass is 442 g/mol. The highest BCUT2D eigenvalue weighted by atomic mass is 35.5. The Morgan fingerprint density at radius 3 is 2.62 bits per heavy atom. The van der Waals surface area contributed by atoms with Crippen molar-refractivity contribution < 1.29 is 27.5 Å². The van der Waals surface area contributed by atoms with E-state index in [-0.39, 0.29) is 16.9 Å². The quantitative estimate of drug-likeness (QED) is 0.557. The molecule has 3 rings (SSSR count). The van der Waals surface area contributed by atoms with Crippen LogP contribution in [-0.4, -0.2) is 23.6 Å².